The largest absolute Gasteiger partial charge is 0.481 e. The summed E-state index contributed by atoms with van der Waals surface area (Å²) in [5, 5.41) is 12.2. The lowest BCUT2D eigenvalue weighted by Gasteiger charge is -2.27. The van der Waals surface area contributed by atoms with Crippen LogP contribution in [-0.4, -0.2) is 52.3 Å². The van der Waals surface area contributed by atoms with E-state index in [1.54, 1.807) is 19.3 Å². The van der Waals surface area contributed by atoms with Gasteiger partial charge < -0.3 is 19.7 Å². The average Bonchev–Trinajstić information content (AvgIpc) is 3.39. The number of para-hydroxylation sites is 1. The number of benzene rings is 2. The summed E-state index contributed by atoms with van der Waals surface area (Å²) in [4.78, 5) is 50.1. The fourth-order valence-corrected chi connectivity index (χ4v) is 4.29. The molecular weight excluding hydrogens is 443 g/mol. The molecule has 8 nitrogen and oxygen atoms in total. The van der Waals surface area contributed by atoms with Gasteiger partial charge in [0, 0.05) is 23.1 Å². The lowest BCUT2D eigenvalue weighted by molar-refractivity contribution is -0.140. The molecule has 0 spiro atoms. The van der Waals surface area contributed by atoms with Gasteiger partial charge in [0.05, 0.1) is 12.7 Å². The monoisotopic (exact) mass is 466 g/mol. The minimum atomic E-state index is -1.50. The molecule has 4 rings (SSSR count). The van der Waals surface area contributed by atoms with Gasteiger partial charge in [0.15, 0.2) is 5.78 Å². The maximum atomic E-state index is 13.1. The van der Waals surface area contributed by atoms with Crippen LogP contribution in [0.4, 0.5) is 4.39 Å². The van der Waals surface area contributed by atoms with Crippen LogP contribution in [-0.2, 0) is 20.9 Å². The lowest BCUT2D eigenvalue weighted by Crippen LogP contribution is -2.52. The first-order valence-corrected chi connectivity index (χ1v) is 10.8. The van der Waals surface area contributed by atoms with Gasteiger partial charge in [0.25, 0.3) is 5.91 Å². The van der Waals surface area contributed by atoms with Gasteiger partial charge in [-0.3, -0.25) is 19.2 Å². The summed E-state index contributed by atoms with van der Waals surface area (Å²) in [6, 6.07) is 10.6. The van der Waals surface area contributed by atoms with Crippen molar-refractivity contribution in [3.8, 4) is 11.1 Å². The zero-order valence-corrected chi connectivity index (χ0v) is 18.4. The Balaban J connectivity index is 1.57. The summed E-state index contributed by atoms with van der Waals surface area (Å²) in [5.41, 5.74) is 3.70. The van der Waals surface area contributed by atoms with Crippen molar-refractivity contribution < 1.29 is 33.1 Å². The van der Waals surface area contributed by atoms with E-state index in [2.05, 4.69) is 5.32 Å². The number of nitrogens with zero attached hydrogens (tertiary/aromatic N) is 1. The van der Waals surface area contributed by atoms with E-state index in [1.807, 2.05) is 36.4 Å². The van der Waals surface area contributed by atoms with E-state index in [9.17, 15) is 23.6 Å². The Hall–Kier alpha value is -4.01. The van der Waals surface area contributed by atoms with E-state index in [4.69, 9.17) is 9.52 Å². The minimum absolute atomic E-state index is 0.171. The second kappa shape index (κ2) is 9.46. The van der Waals surface area contributed by atoms with Gasteiger partial charge in [0.2, 0.25) is 5.91 Å². The summed E-state index contributed by atoms with van der Waals surface area (Å²) >= 11 is 0. The third-order valence-electron chi connectivity index (χ3n) is 6.01. The minimum Gasteiger partial charge on any atom is -0.481 e. The molecule has 0 saturated heterocycles. The first-order chi connectivity index (χ1) is 16.3. The molecule has 2 aromatic carbocycles. The highest BCUT2D eigenvalue weighted by molar-refractivity contribution is 6.03. The summed E-state index contributed by atoms with van der Waals surface area (Å²) < 4.78 is 18.5. The smallest absolute Gasteiger partial charge is 0.305 e. The number of Topliss-reactive ketones (excluding diaryl/α,β-unsaturated/α-hetero) is 1. The van der Waals surface area contributed by atoms with Crippen molar-refractivity contribution in [3.05, 3.63) is 59.9 Å². The highest BCUT2D eigenvalue weighted by Gasteiger charge is 2.37. The fraction of sp³-hybridized carbons (Fsp3) is 0.280. The van der Waals surface area contributed by atoms with Gasteiger partial charge >= 0.3 is 5.97 Å². The van der Waals surface area contributed by atoms with Gasteiger partial charge in [-0.2, -0.15) is 0 Å². The highest BCUT2D eigenvalue weighted by Crippen LogP contribution is 2.34. The summed E-state index contributed by atoms with van der Waals surface area (Å²) in [5.74, 6) is -3.41. The number of nitrogens with one attached hydrogen (secondary N) is 1. The molecule has 9 heteroatoms. The van der Waals surface area contributed by atoms with E-state index in [-0.39, 0.29) is 18.9 Å². The van der Waals surface area contributed by atoms with Crippen molar-refractivity contribution in [2.75, 3.05) is 6.67 Å². The van der Waals surface area contributed by atoms with E-state index in [1.165, 1.54) is 4.90 Å². The molecule has 0 saturated carbocycles. The zero-order valence-electron chi connectivity index (χ0n) is 18.4. The number of aliphatic carboxylic acids is 1. The quantitative estimate of drug-likeness (QED) is 0.500. The highest BCUT2D eigenvalue weighted by atomic mass is 19.1. The molecule has 2 unspecified atom stereocenters. The third-order valence-corrected chi connectivity index (χ3v) is 6.01. The van der Waals surface area contributed by atoms with Gasteiger partial charge in [-0.1, -0.05) is 31.2 Å². The molecule has 0 radical (unpaired) electrons. The average molecular weight is 466 g/mol. The number of carbonyl (C=O) groups excluding carboxylic acids is 3. The van der Waals surface area contributed by atoms with Crippen molar-refractivity contribution in [3.63, 3.8) is 0 Å². The van der Waals surface area contributed by atoms with Crippen molar-refractivity contribution in [1.82, 2.24) is 10.2 Å². The molecule has 34 heavy (non-hydrogen) atoms. The number of rotatable bonds is 9. The van der Waals surface area contributed by atoms with Crippen LogP contribution in [0.15, 0.2) is 53.1 Å². The number of alkyl halides is 1. The molecule has 1 aromatic heterocycles. The van der Waals surface area contributed by atoms with E-state index in [0.29, 0.717) is 5.56 Å². The topological polar surface area (TPSA) is 117 Å². The number of fused-ring (bicyclic) bond motifs is 2. The van der Waals surface area contributed by atoms with Crippen LogP contribution < -0.4 is 5.32 Å². The Morgan fingerprint density at radius 1 is 1.18 bits per heavy atom. The van der Waals surface area contributed by atoms with Gasteiger partial charge in [-0.05, 0) is 35.7 Å². The number of ketones is 1. The van der Waals surface area contributed by atoms with Crippen LogP contribution in [0.5, 0.6) is 0 Å². The Bertz CT molecular complexity index is 1280. The van der Waals surface area contributed by atoms with Crippen LogP contribution in [0.2, 0.25) is 0 Å². The van der Waals surface area contributed by atoms with Crippen LogP contribution in [0, 0.1) is 0 Å². The number of amides is 2. The molecule has 3 aromatic rings. The van der Waals surface area contributed by atoms with Crippen LogP contribution in [0.1, 0.15) is 35.7 Å². The SMILES string of the molecule is CCC(C(=O)NC(CC(=O)O)C(=O)CF)N1Cc2cc(-c3coc4ccccc34)ccc2C1=O. The molecule has 1 aliphatic rings. The molecule has 2 heterocycles. The fourth-order valence-electron chi connectivity index (χ4n) is 4.29. The number of hydrogen-bond donors (Lipinski definition) is 2. The number of halogens is 1. The normalized spacial score (nSPS) is 14.6. The van der Waals surface area contributed by atoms with E-state index < -0.39 is 42.8 Å². The van der Waals surface area contributed by atoms with Gasteiger partial charge in [0.1, 0.15) is 24.3 Å². The Labute approximate surface area is 194 Å². The number of hydrogen-bond acceptors (Lipinski definition) is 5. The lowest BCUT2D eigenvalue weighted by atomic mass is 10.00. The van der Waals surface area contributed by atoms with Crippen LogP contribution >= 0.6 is 0 Å². The molecule has 2 amide bonds. The zero-order chi connectivity index (χ0) is 24.4. The first kappa shape index (κ1) is 23.2. The van der Waals surface area contributed by atoms with Crippen molar-refractivity contribution in [2.45, 2.75) is 38.4 Å². The standard InChI is InChI=1S/C25H23FN2O6/c1-2-20(24(32)27-19(10-23(30)31)21(29)11-26)28-12-15-9-14(7-8-16(15)25(28)33)18-13-34-22-6-4-3-5-17(18)22/h3-9,13,19-20H,2,10-12H2,1H3,(H,27,32)(H,30,31). The predicted octanol–water partition coefficient (Wildman–Crippen LogP) is 3.33. The molecule has 0 aliphatic carbocycles. The molecule has 2 atom stereocenters. The number of furan rings is 1. The molecule has 2 N–H and O–H groups in total. The summed E-state index contributed by atoms with van der Waals surface area (Å²) in [6.07, 6.45) is 1.16. The van der Waals surface area contributed by atoms with Crippen molar-refractivity contribution in [2.24, 2.45) is 0 Å². The van der Waals surface area contributed by atoms with Crippen LogP contribution in [0.25, 0.3) is 22.1 Å². The molecule has 1 aliphatic heterocycles. The van der Waals surface area contributed by atoms with Crippen LogP contribution in [0.3, 0.4) is 0 Å². The van der Waals surface area contributed by atoms with E-state index in [0.717, 1.165) is 27.7 Å². The second-order valence-electron chi connectivity index (χ2n) is 8.13. The molecular formula is C25H23FN2O6. The Kier molecular flexibility index (Phi) is 6.45. The van der Waals surface area contributed by atoms with E-state index >= 15 is 0 Å². The number of carboxylic acid groups (broad SMARTS) is 1. The summed E-state index contributed by atoms with van der Waals surface area (Å²) in [6.45, 7) is 0.478. The van der Waals surface area contributed by atoms with Gasteiger partial charge in [-0.25, -0.2) is 4.39 Å². The molecule has 0 fully saturated rings. The Morgan fingerprint density at radius 2 is 1.94 bits per heavy atom. The predicted molar refractivity (Wildman–Crippen MR) is 121 cm³/mol. The van der Waals surface area contributed by atoms with Crippen molar-refractivity contribution >= 4 is 34.5 Å². The Morgan fingerprint density at radius 3 is 2.65 bits per heavy atom. The number of carbonyl (C=O) groups is 4. The maximum absolute atomic E-state index is 13.1. The molecule has 176 valence electrons. The van der Waals surface area contributed by atoms with Crippen molar-refractivity contribution in [1.29, 1.82) is 0 Å². The second-order valence-corrected chi connectivity index (χ2v) is 8.13. The number of carboxylic acids is 1. The first-order valence-electron chi connectivity index (χ1n) is 10.8. The maximum Gasteiger partial charge on any atom is 0.305 e. The van der Waals surface area contributed by atoms with Gasteiger partial charge in [-0.15, -0.1) is 0 Å². The third kappa shape index (κ3) is 4.28. The molecule has 0 bridgehead atoms. The summed E-state index contributed by atoms with van der Waals surface area (Å²) in [7, 11) is 0.